The second-order valence-corrected chi connectivity index (χ2v) is 7.40. The van der Waals surface area contributed by atoms with E-state index in [1.807, 2.05) is 6.92 Å². The van der Waals surface area contributed by atoms with E-state index in [4.69, 9.17) is 0 Å². The second-order valence-electron chi connectivity index (χ2n) is 6.11. The number of hydrogen-bond acceptors (Lipinski definition) is 3. The molecule has 0 saturated carbocycles. The molecule has 0 amide bonds. The van der Waals surface area contributed by atoms with Crippen molar-refractivity contribution in [2.45, 2.75) is 33.4 Å². The molecular formula is C20H24N4S. The smallest absolute Gasteiger partial charge is 0.191 e. The van der Waals surface area contributed by atoms with Crippen LogP contribution in [0.25, 0.3) is 10.8 Å². The van der Waals surface area contributed by atoms with Crippen LogP contribution in [0.15, 0.2) is 47.5 Å². The van der Waals surface area contributed by atoms with E-state index in [2.05, 4.69) is 76.9 Å². The van der Waals surface area contributed by atoms with Crippen molar-refractivity contribution in [1.82, 2.24) is 15.6 Å². The molecule has 1 heterocycles. The van der Waals surface area contributed by atoms with Crippen LogP contribution in [0.3, 0.4) is 0 Å². The van der Waals surface area contributed by atoms with Gasteiger partial charge in [-0.3, -0.25) is 4.99 Å². The van der Waals surface area contributed by atoms with E-state index in [1.54, 1.807) is 18.4 Å². The highest BCUT2D eigenvalue weighted by molar-refractivity contribution is 7.11. The van der Waals surface area contributed by atoms with E-state index in [-0.39, 0.29) is 6.04 Å². The van der Waals surface area contributed by atoms with E-state index in [0.717, 1.165) is 16.7 Å². The number of nitrogens with zero attached hydrogens (tertiary/aromatic N) is 2. The number of fused-ring (bicyclic) bond motifs is 1. The predicted molar refractivity (Wildman–Crippen MR) is 107 cm³/mol. The van der Waals surface area contributed by atoms with Crippen LogP contribution in [0.5, 0.6) is 0 Å². The first kappa shape index (κ1) is 17.4. The number of aryl methyl sites for hydroxylation is 2. The summed E-state index contributed by atoms with van der Waals surface area (Å²) in [6, 6.07) is 15.0. The van der Waals surface area contributed by atoms with Gasteiger partial charge in [-0.15, -0.1) is 11.3 Å². The lowest BCUT2D eigenvalue weighted by Crippen LogP contribution is -2.38. The molecule has 0 spiro atoms. The largest absolute Gasteiger partial charge is 0.350 e. The molecule has 2 N–H and O–H groups in total. The minimum atomic E-state index is 0.150. The summed E-state index contributed by atoms with van der Waals surface area (Å²) in [4.78, 5) is 10.2. The third-order valence-corrected chi connectivity index (χ3v) is 5.42. The Bertz CT molecular complexity index is 873. The highest BCUT2D eigenvalue weighted by Crippen LogP contribution is 2.24. The molecule has 25 heavy (non-hydrogen) atoms. The van der Waals surface area contributed by atoms with Crippen molar-refractivity contribution < 1.29 is 0 Å². The van der Waals surface area contributed by atoms with Gasteiger partial charge in [0.05, 0.1) is 18.3 Å². The third kappa shape index (κ3) is 3.99. The Morgan fingerprint density at radius 3 is 2.64 bits per heavy atom. The molecule has 0 radical (unpaired) electrons. The number of aliphatic imine (C=N–C) groups is 1. The third-order valence-electron chi connectivity index (χ3n) is 4.35. The number of rotatable bonds is 4. The number of benzene rings is 2. The van der Waals surface area contributed by atoms with Crippen LogP contribution < -0.4 is 10.6 Å². The van der Waals surface area contributed by atoms with Gasteiger partial charge in [-0.1, -0.05) is 42.5 Å². The first-order chi connectivity index (χ1) is 12.1. The van der Waals surface area contributed by atoms with Crippen LogP contribution in [-0.4, -0.2) is 18.0 Å². The average molecular weight is 353 g/mol. The Balaban J connectivity index is 1.70. The molecule has 0 bridgehead atoms. The van der Waals surface area contributed by atoms with Crippen molar-refractivity contribution in [3.05, 3.63) is 63.6 Å². The average Bonchev–Trinajstić information content (AvgIpc) is 2.95. The maximum absolute atomic E-state index is 4.57. The van der Waals surface area contributed by atoms with Gasteiger partial charge in [0, 0.05) is 11.9 Å². The fourth-order valence-electron chi connectivity index (χ4n) is 2.88. The summed E-state index contributed by atoms with van der Waals surface area (Å²) in [5, 5.41) is 10.4. The van der Waals surface area contributed by atoms with E-state index >= 15 is 0 Å². The molecular weight excluding hydrogens is 328 g/mol. The van der Waals surface area contributed by atoms with Crippen molar-refractivity contribution in [3.8, 4) is 0 Å². The number of hydrogen-bond donors (Lipinski definition) is 2. The molecule has 4 nitrogen and oxygen atoms in total. The highest BCUT2D eigenvalue weighted by atomic mass is 32.1. The first-order valence-electron chi connectivity index (χ1n) is 8.46. The molecule has 0 fully saturated rings. The van der Waals surface area contributed by atoms with E-state index < -0.39 is 0 Å². The van der Waals surface area contributed by atoms with Gasteiger partial charge in [0.15, 0.2) is 5.96 Å². The van der Waals surface area contributed by atoms with Gasteiger partial charge in [0.25, 0.3) is 0 Å². The molecule has 2 aromatic carbocycles. The van der Waals surface area contributed by atoms with Crippen LogP contribution in [0.1, 0.15) is 34.1 Å². The molecule has 3 rings (SSSR count). The maximum atomic E-state index is 4.57. The molecule has 5 heteroatoms. The monoisotopic (exact) mass is 352 g/mol. The first-order valence-corrected chi connectivity index (χ1v) is 9.28. The fourth-order valence-corrected chi connectivity index (χ4v) is 3.75. The van der Waals surface area contributed by atoms with Crippen molar-refractivity contribution in [1.29, 1.82) is 0 Å². The minimum Gasteiger partial charge on any atom is -0.350 e. The zero-order valence-electron chi connectivity index (χ0n) is 15.1. The Hall–Kier alpha value is -2.40. The van der Waals surface area contributed by atoms with Crippen molar-refractivity contribution in [2.75, 3.05) is 7.05 Å². The van der Waals surface area contributed by atoms with E-state index in [0.29, 0.717) is 6.54 Å². The summed E-state index contributed by atoms with van der Waals surface area (Å²) in [7, 11) is 1.80. The van der Waals surface area contributed by atoms with Crippen molar-refractivity contribution >= 4 is 28.1 Å². The standard InChI is InChI=1S/C20H24N4S/c1-13-15(3)25-19(23-13)12-22-20(21-4)24-14(2)17-11-7-9-16-8-5-6-10-18(16)17/h5-11,14H,12H2,1-4H3,(H2,21,22,24). The zero-order valence-corrected chi connectivity index (χ0v) is 15.9. The lowest BCUT2D eigenvalue weighted by atomic mass is 10.00. The number of nitrogens with one attached hydrogen (secondary N) is 2. The van der Waals surface area contributed by atoms with Crippen LogP contribution in [0, 0.1) is 13.8 Å². The van der Waals surface area contributed by atoms with Gasteiger partial charge in [-0.25, -0.2) is 4.98 Å². The molecule has 0 saturated heterocycles. The quantitative estimate of drug-likeness (QED) is 0.542. The molecule has 1 aromatic heterocycles. The van der Waals surface area contributed by atoms with Gasteiger partial charge in [0.2, 0.25) is 0 Å². The zero-order chi connectivity index (χ0) is 17.8. The molecule has 130 valence electrons. The maximum Gasteiger partial charge on any atom is 0.191 e. The fraction of sp³-hybridized carbons (Fsp3) is 0.300. The molecule has 1 unspecified atom stereocenters. The van der Waals surface area contributed by atoms with Crippen LogP contribution >= 0.6 is 11.3 Å². The Labute approximate surface area is 153 Å². The molecule has 3 aromatic rings. The predicted octanol–water partition coefficient (Wildman–Crippen LogP) is 4.34. The van der Waals surface area contributed by atoms with Crippen LogP contribution in [-0.2, 0) is 6.54 Å². The van der Waals surface area contributed by atoms with Crippen molar-refractivity contribution in [2.24, 2.45) is 4.99 Å². The summed E-state index contributed by atoms with van der Waals surface area (Å²) in [5.74, 6) is 0.783. The normalized spacial score (nSPS) is 13.0. The summed E-state index contributed by atoms with van der Waals surface area (Å²) in [6.45, 7) is 6.99. The molecule has 1 atom stereocenters. The van der Waals surface area contributed by atoms with Gasteiger partial charge >= 0.3 is 0 Å². The van der Waals surface area contributed by atoms with Gasteiger partial charge in [0.1, 0.15) is 5.01 Å². The topological polar surface area (TPSA) is 49.3 Å². The SMILES string of the molecule is CN=C(NCc1nc(C)c(C)s1)NC(C)c1cccc2ccccc12. The highest BCUT2D eigenvalue weighted by Gasteiger charge is 2.11. The minimum absolute atomic E-state index is 0.150. The number of aromatic nitrogens is 1. The Morgan fingerprint density at radius 2 is 1.92 bits per heavy atom. The van der Waals surface area contributed by atoms with Crippen LogP contribution in [0.4, 0.5) is 0 Å². The lowest BCUT2D eigenvalue weighted by molar-refractivity contribution is 0.689. The summed E-state index contributed by atoms with van der Waals surface area (Å²) >= 11 is 1.73. The number of guanidine groups is 1. The van der Waals surface area contributed by atoms with Gasteiger partial charge in [-0.05, 0) is 37.1 Å². The van der Waals surface area contributed by atoms with Crippen LogP contribution in [0.2, 0.25) is 0 Å². The van der Waals surface area contributed by atoms with Gasteiger partial charge < -0.3 is 10.6 Å². The molecule has 0 aliphatic heterocycles. The van der Waals surface area contributed by atoms with Crippen molar-refractivity contribution in [3.63, 3.8) is 0 Å². The summed E-state index contributed by atoms with van der Waals surface area (Å²) < 4.78 is 0. The Morgan fingerprint density at radius 1 is 1.16 bits per heavy atom. The Kier molecular flexibility index (Phi) is 5.34. The summed E-state index contributed by atoms with van der Waals surface area (Å²) in [5.41, 5.74) is 2.37. The molecule has 0 aliphatic carbocycles. The second kappa shape index (κ2) is 7.66. The number of thiazole rings is 1. The van der Waals surface area contributed by atoms with Gasteiger partial charge in [-0.2, -0.15) is 0 Å². The van der Waals surface area contributed by atoms with E-state index in [1.165, 1.54) is 21.2 Å². The van der Waals surface area contributed by atoms with E-state index in [9.17, 15) is 0 Å². The lowest BCUT2D eigenvalue weighted by Gasteiger charge is -2.19. The molecule has 0 aliphatic rings. The summed E-state index contributed by atoms with van der Waals surface area (Å²) in [6.07, 6.45) is 0.